The zero-order chi connectivity index (χ0) is 7.56. The van der Waals surface area contributed by atoms with E-state index in [-0.39, 0.29) is 5.75 Å². The first kappa shape index (κ1) is 7.12. The predicted octanol–water partition coefficient (Wildman–Crippen LogP) is 1.31. The highest BCUT2D eigenvalue weighted by Crippen LogP contribution is 2.15. The Kier molecular flexibility index (Phi) is 1.94. The number of nitrogens with zero attached hydrogens (tertiary/aromatic N) is 1. The average molecular weight is 140 g/mol. The third-order valence-electron chi connectivity index (χ3n) is 1.31. The van der Waals surface area contributed by atoms with Crippen molar-refractivity contribution < 1.29 is 5.11 Å². The predicted molar refractivity (Wildman–Crippen MR) is 38.8 cm³/mol. The van der Waals surface area contributed by atoms with E-state index in [2.05, 4.69) is 24.0 Å². The second-order valence-corrected chi connectivity index (χ2v) is 2.83. The van der Waals surface area contributed by atoms with Crippen molar-refractivity contribution in [2.45, 2.75) is 20.3 Å². The maximum atomic E-state index is 9.11. The monoisotopic (exact) mass is 140 g/mol. The summed E-state index contributed by atoms with van der Waals surface area (Å²) in [7, 11) is 0. The van der Waals surface area contributed by atoms with Gasteiger partial charge in [0.2, 0.25) is 0 Å². The summed E-state index contributed by atoms with van der Waals surface area (Å²) >= 11 is 0. The van der Waals surface area contributed by atoms with Crippen LogP contribution in [0.4, 0.5) is 0 Å². The van der Waals surface area contributed by atoms with Crippen LogP contribution in [0.3, 0.4) is 0 Å². The Bertz CT molecular complexity index is 205. The lowest BCUT2D eigenvalue weighted by Gasteiger charge is -2.00. The van der Waals surface area contributed by atoms with Crippen LogP contribution in [0.1, 0.15) is 19.5 Å². The first-order chi connectivity index (χ1) is 4.70. The summed E-state index contributed by atoms with van der Waals surface area (Å²) in [6, 6.07) is 0. The minimum absolute atomic E-state index is 0.272. The highest BCUT2D eigenvalue weighted by molar-refractivity contribution is 5.21. The molecule has 0 fully saturated rings. The molecule has 0 unspecified atom stereocenters. The van der Waals surface area contributed by atoms with Crippen molar-refractivity contribution in [2.75, 3.05) is 0 Å². The van der Waals surface area contributed by atoms with Gasteiger partial charge in [0.1, 0.15) is 0 Å². The zero-order valence-corrected chi connectivity index (χ0v) is 6.26. The molecule has 3 nitrogen and oxygen atoms in total. The lowest BCUT2D eigenvalue weighted by Crippen LogP contribution is -1.94. The molecule has 0 saturated carbocycles. The Hall–Kier alpha value is -0.990. The van der Waals surface area contributed by atoms with E-state index in [1.807, 2.05) is 0 Å². The molecule has 1 heterocycles. The van der Waals surface area contributed by atoms with Crippen LogP contribution in [0.25, 0.3) is 0 Å². The van der Waals surface area contributed by atoms with E-state index in [1.165, 1.54) is 6.20 Å². The van der Waals surface area contributed by atoms with Gasteiger partial charge in [0.05, 0.1) is 11.9 Å². The molecule has 1 aromatic rings. The minimum atomic E-state index is 0.272. The normalized spacial score (nSPS) is 10.7. The first-order valence-electron chi connectivity index (χ1n) is 3.41. The van der Waals surface area contributed by atoms with Gasteiger partial charge in [0.15, 0.2) is 5.75 Å². The van der Waals surface area contributed by atoms with Gasteiger partial charge >= 0.3 is 0 Å². The number of rotatable bonds is 2. The highest BCUT2D eigenvalue weighted by atomic mass is 16.3. The summed E-state index contributed by atoms with van der Waals surface area (Å²) in [5.41, 5.74) is 0.829. The highest BCUT2D eigenvalue weighted by Gasteiger charge is 2.03. The number of aromatic amines is 1. The number of aromatic hydroxyl groups is 1. The number of hydrogen-bond acceptors (Lipinski definition) is 2. The molecule has 2 N–H and O–H groups in total. The van der Waals surface area contributed by atoms with Gasteiger partial charge in [-0.15, -0.1) is 0 Å². The van der Waals surface area contributed by atoms with Crippen molar-refractivity contribution in [3.05, 3.63) is 11.9 Å². The van der Waals surface area contributed by atoms with Crippen LogP contribution in [-0.2, 0) is 6.42 Å². The first-order valence-corrected chi connectivity index (χ1v) is 3.41. The third kappa shape index (κ3) is 1.50. The van der Waals surface area contributed by atoms with E-state index < -0.39 is 0 Å². The molecule has 0 radical (unpaired) electrons. The molecule has 0 amide bonds. The van der Waals surface area contributed by atoms with Gasteiger partial charge in [-0.25, -0.2) is 0 Å². The van der Waals surface area contributed by atoms with Crippen molar-refractivity contribution in [1.29, 1.82) is 0 Å². The van der Waals surface area contributed by atoms with Crippen LogP contribution in [0.2, 0.25) is 0 Å². The van der Waals surface area contributed by atoms with E-state index in [9.17, 15) is 0 Å². The SMILES string of the molecule is CC(C)Cc1[nH]ncc1O. The summed E-state index contributed by atoms with van der Waals surface area (Å²) in [5, 5.41) is 15.5. The standard InChI is InChI=1S/C7H12N2O/c1-5(2)3-6-7(10)4-8-9-6/h4-5,10H,3H2,1-2H3,(H,8,9). The summed E-state index contributed by atoms with van der Waals surface area (Å²) in [4.78, 5) is 0. The molecule has 1 rings (SSSR count). The van der Waals surface area contributed by atoms with Crippen LogP contribution in [-0.4, -0.2) is 15.3 Å². The van der Waals surface area contributed by atoms with Crippen molar-refractivity contribution in [2.24, 2.45) is 5.92 Å². The van der Waals surface area contributed by atoms with Gasteiger partial charge in [0, 0.05) is 0 Å². The van der Waals surface area contributed by atoms with Crippen LogP contribution < -0.4 is 0 Å². The van der Waals surface area contributed by atoms with Crippen LogP contribution >= 0.6 is 0 Å². The molecule has 0 spiro atoms. The lowest BCUT2D eigenvalue weighted by atomic mass is 10.1. The molecule has 1 aromatic heterocycles. The fourth-order valence-corrected chi connectivity index (χ4v) is 0.865. The fraction of sp³-hybridized carbons (Fsp3) is 0.571. The Morgan fingerprint density at radius 3 is 2.80 bits per heavy atom. The zero-order valence-electron chi connectivity index (χ0n) is 6.26. The molecule has 0 aliphatic carbocycles. The lowest BCUT2D eigenvalue weighted by molar-refractivity contribution is 0.462. The molecule has 0 atom stereocenters. The molecular formula is C7H12N2O. The average Bonchev–Trinajstić information content (AvgIpc) is 2.15. The number of hydrogen-bond donors (Lipinski definition) is 2. The quantitative estimate of drug-likeness (QED) is 0.650. The van der Waals surface area contributed by atoms with Gasteiger partial charge in [-0.3, -0.25) is 5.10 Å². The van der Waals surface area contributed by atoms with Gasteiger partial charge in [-0.1, -0.05) is 13.8 Å². The fourth-order valence-electron chi connectivity index (χ4n) is 0.865. The van der Waals surface area contributed by atoms with Crippen molar-refractivity contribution >= 4 is 0 Å². The Labute approximate surface area is 60.1 Å². The number of aromatic nitrogens is 2. The molecule has 0 bridgehead atoms. The molecule has 10 heavy (non-hydrogen) atoms. The summed E-state index contributed by atoms with van der Waals surface area (Å²) in [6.45, 7) is 4.20. The topological polar surface area (TPSA) is 48.9 Å². The summed E-state index contributed by atoms with van der Waals surface area (Å²) in [6.07, 6.45) is 2.28. The Morgan fingerprint density at radius 2 is 2.40 bits per heavy atom. The number of nitrogens with one attached hydrogen (secondary N) is 1. The van der Waals surface area contributed by atoms with Crippen molar-refractivity contribution in [1.82, 2.24) is 10.2 Å². The van der Waals surface area contributed by atoms with Crippen molar-refractivity contribution in [3.8, 4) is 5.75 Å². The molecule has 0 aromatic carbocycles. The van der Waals surface area contributed by atoms with Gasteiger partial charge in [-0.2, -0.15) is 5.10 Å². The van der Waals surface area contributed by atoms with Crippen LogP contribution in [0, 0.1) is 5.92 Å². The van der Waals surface area contributed by atoms with E-state index in [1.54, 1.807) is 0 Å². The van der Waals surface area contributed by atoms with Crippen LogP contribution in [0.5, 0.6) is 5.75 Å². The molecule has 0 aliphatic heterocycles. The smallest absolute Gasteiger partial charge is 0.156 e. The maximum absolute atomic E-state index is 9.11. The van der Waals surface area contributed by atoms with Gasteiger partial charge < -0.3 is 5.11 Å². The van der Waals surface area contributed by atoms with Crippen LogP contribution in [0.15, 0.2) is 6.20 Å². The van der Waals surface area contributed by atoms with E-state index in [4.69, 9.17) is 5.11 Å². The summed E-state index contributed by atoms with van der Waals surface area (Å²) in [5.74, 6) is 0.819. The summed E-state index contributed by atoms with van der Waals surface area (Å²) < 4.78 is 0. The second kappa shape index (κ2) is 2.73. The maximum Gasteiger partial charge on any atom is 0.156 e. The Morgan fingerprint density at radius 1 is 1.70 bits per heavy atom. The largest absolute Gasteiger partial charge is 0.504 e. The second-order valence-electron chi connectivity index (χ2n) is 2.83. The molecular weight excluding hydrogens is 128 g/mol. The molecule has 0 aliphatic rings. The van der Waals surface area contributed by atoms with E-state index >= 15 is 0 Å². The molecule has 56 valence electrons. The van der Waals surface area contributed by atoms with E-state index in [0.717, 1.165) is 12.1 Å². The van der Waals surface area contributed by atoms with Crippen molar-refractivity contribution in [3.63, 3.8) is 0 Å². The minimum Gasteiger partial charge on any atom is -0.504 e. The Balaban J connectivity index is 2.65. The van der Waals surface area contributed by atoms with Gasteiger partial charge in [-0.05, 0) is 12.3 Å². The molecule has 3 heteroatoms. The number of H-pyrrole nitrogens is 1. The molecule has 0 saturated heterocycles. The third-order valence-corrected chi connectivity index (χ3v) is 1.31. The van der Waals surface area contributed by atoms with Gasteiger partial charge in [0.25, 0.3) is 0 Å². The van der Waals surface area contributed by atoms with E-state index in [0.29, 0.717) is 5.92 Å².